The maximum absolute atomic E-state index is 6.56. The van der Waals surface area contributed by atoms with Crippen LogP contribution in [-0.2, 0) is 0 Å². The molecule has 3 rings (SSSR count). The SMILES string of the molecule is Cc1ccc(OC2CC(Cl)C23CCCCCC3)cc1. The van der Waals surface area contributed by atoms with Crippen molar-refractivity contribution in [3.05, 3.63) is 29.8 Å². The van der Waals surface area contributed by atoms with Gasteiger partial charge in [0.1, 0.15) is 11.9 Å². The van der Waals surface area contributed by atoms with Crippen molar-refractivity contribution >= 4 is 11.6 Å². The molecule has 0 saturated heterocycles. The van der Waals surface area contributed by atoms with Crippen LogP contribution in [0.1, 0.15) is 50.5 Å². The number of aryl methyl sites for hydroxylation is 1. The topological polar surface area (TPSA) is 9.23 Å². The van der Waals surface area contributed by atoms with E-state index < -0.39 is 0 Å². The van der Waals surface area contributed by atoms with Crippen molar-refractivity contribution in [3.63, 3.8) is 0 Å². The van der Waals surface area contributed by atoms with Crippen LogP contribution in [0.3, 0.4) is 0 Å². The minimum atomic E-state index is 0.253. The summed E-state index contributed by atoms with van der Waals surface area (Å²) in [5.41, 5.74) is 1.53. The number of alkyl halides is 1. The predicted molar refractivity (Wildman–Crippen MR) is 80.0 cm³/mol. The molecule has 0 amide bonds. The molecule has 104 valence electrons. The van der Waals surface area contributed by atoms with E-state index in [0.717, 1.165) is 12.2 Å². The first kappa shape index (κ1) is 13.3. The van der Waals surface area contributed by atoms with E-state index in [1.165, 1.54) is 44.1 Å². The van der Waals surface area contributed by atoms with Gasteiger partial charge in [0.25, 0.3) is 0 Å². The number of benzene rings is 1. The fourth-order valence-corrected chi connectivity index (χ4v) is 4.19. The van der Waals surface area contributed by atoms with Gasteiger partial charge in [0, 0.05) is 17.2 Å². The summed E-state index contributed by atoms with van der Waals surface area (Å²) in [4.78, 5) is 0. The van der Waals surface area contributed by atoms with Crippen molar-refractivity contribution in [2.24, 2.45) is 5.41 Å². The van der Waals surface area contributed by atoms with Crippen LogP contribution in [0.5, 0.6) is 5.75 Å². The summed E-state index contributed by atoms with van der Waals surface area (Å²) in [5.74, 6) is 1.00. The standard InChI is InChI=1S/C17H23ClO/c1-13-6-8-14(9-7-13)19-16-12-15(18)17(16)10-4-2-3-5-11-17/h6-9,15-16H,2-5,10-12H2,1H3. The molecule has 2 saturated carbocycles. The summed E-state index contributed by atoms with van der Waals surface area (Å²) in [6.45, 7) is 2.11. The third-order valence-electron chi connectivity index (χ3n) is 5.02. The molecule has 0 N–H and O–H groups in total. The van der Waals surface area contributed by atoms with E-state index in [0.29, 0.717) is 11.5 Å². The first-order chi connectivity index (χ1) is 9.21. The molecular weight excluding hydrogens is 256 g/mol. The fourth-order valence-electron chi connectivity index (χ4n) is 3.67. The van der Waals surface area contributed by atoms with Crippen LogP contribution in [0.4, 0.5) is 0 Å². The average Bonchev–Trinajstić information content (AvgIpc) is 2.68. The molecule has 1 aromatic rings. The Morgan fingerprint density at radius 1 is 1.05 bits per heavy atom. The predicted octanol–water partition coefficient (Wildman–Crippen LogP) is 5.09. The van der Waals surface area contributed by atoms with E-state index in [1.807, 2.05) is 0 Å². The van der Waals surface area contributed by atoms with Gasteiger partial charge in [-0.15, -0.1) is 11.6 Å². The Labute approximate surface area is 121 Å². The highest BCUT2D eigenvalue weighted by Crippen LogP contribution is 2.54. The molecule has 0 aliphatic heterocycles. The zero-order valence-electron chi connectivity index (χ0n) is 11.7. The maximum Gasteiger partial charge on any atom is 0.119 e. The van der Waals surface area contributed by atoms with Gasteiger partial charge in [-0.3, -0.25) is 0 Å². The van der Waals surface area contributed by atoms with Crippen molar-refractivity contribution in [2.75, 3.05) is 0 Å². The second-order valence-corrected chi connectivity index (χ2v) is 6.80. The largest absolute Gasteiger partial charge is 0.490 e. The van der Waals surface area contributed by atoms with E-state index >= 15 is 0 Å². The van der Waals surface area contributed by atoms with Gasteiger partial charge in [-0.2, -0.15) is 0 Å². The van der Waals surface area contributed by atoms with Crippen molar-refractivity contribution in [2.45, 2.75) is 63.4 Å². The molecule has 2 aliphatic carbocycles. The Balaban J connectivity index is 1.72. The smallest absolute Gasteiger partial charge is 0.119 e. The maximum atomic E-state index is 6.56. The van der Waals surface area contributed by atoms with Crippen LogP contribution in [-0.4, -0.2) is 11.5 Å². The Bertz CT molecular complexity index is 417. The molecular formula is C17H23ClO. The summed E-state index contributed by atoms with van der Waals surface area (Å²) < 4.78 is 6.24. The highest BCUT2D eigenvalue weighted by Gasteiger charge is 2.55. The third kappa shape index (κ3) is 2.50. The van der Waals surface area contributed by atoms with Gasteiger partial charge < -0.3 is 4.74 Å². The van der Waals surface area contributed by atoms with Crippen molar-refractivity contribution in [3.8, 4) is 5.75 Å². The summed E-state index contributed by atoms with van der Waals surface area (Å²) in [5, 5.41) is 0.320. The first-order valence-electron chi connectivity index (χ1n) is 7.58. The van der Waals surface area contributed by atoms with Crippen molar-refractivity contribution < 1.29 is 4.74 Å². The van der Waals surface area contributed by atoms with E-state index in [4.69, 9.17) is 16.3 Å². The van der Waals surface area contributed by atoms with Crippen LogP contribution < -0.4 is 4.74 Å². The monoisotopic (exact) mass is 278 g/mol. The molecule has 19 heavy (non-hydrogen) atoms. The molecule has 0 radical (unpaired) electrons. The minimum absolute atomic E-state index is 0.253. The van der Waals surface area contributed by atoms with Gasteiger partial charge in [-0.05, 0) is 31.9 Å². The lowest BCUT2D eigenvalue weighted by Crippen LogP contribution is -2.57. The van der Waals surface area contributed by atoms with Gasteiger partial charge in [-0.25, -0.2) is 0 Å². The zero-order valence-corrected chi connectivity index (χ0v) is 12.5. The molecule has 0 aromatic heterocycles. The molecule has 2 fully saturated rings. The number of hydrogen-bond acceptors (Lipinski definition) is 1. The van der Waals surface area contributed by atoms with Gasteiger partial charge >= 0.3 is 0 Å². The molecule has 2 unspecified atom stereocenters. The van der Waals surface area contributed by atoms with E-state index in [9.17, 15) is 0 Å². The van der Waals surface area contributed by atoms with Gasteiger partial charge in [0.15, 0.2) is 0 Å². The minimum Gasteiger partial charge on any atom is -0.490 e. The lowest BCUT2D eigenvalue weighted by molar-refractivity contribution is -0.0512. The van der Waals surface area contributed by atoms with Crippen LogP contribution in [0.25, 0.3) is 0 Å². The van der Waals surface area contributed by atoms with Crippen LogP contribution >= 0.6 is 11.6 Å². The highest BCUT2D eigenvalue weighted by atomic mass is 35.5. The van der Waals surface area contributed by atoms with E-state index in [-0.39, 0.29) is 5.41 Å². The van der Waals surface area contributed by atoms with Gasteiger partial charge in [-0.1, -0.05) is 43.4 Å². The highest BCUT2D eigenvalue weighted by molar-refractivity contribution is 6.21. The van der Waals surface area contributed by atoms with Crippen LogP contribution in [0.15, 0.2) is 24.3 Å². The quantitative estimate of drug-likeness (QED) is 0.684. The Morgan fingerprint density at radius 3 is 2.26 bits per heavy atom. The van der Waals surface area contributed by atoms with Crippen molar-refractivity contribution in [1.82, 2.24) is 0 Å². The van der Waals surface area contributed by atoms with E-state index in [1.54, 1.807) is 0 Å². The average molecular weight is 279 g/mol. The Morgan fingerprint density at radius 2 is 1.68 bits per heavy atom. The fraction of sp³-hybridized carbons (Fsp3) is 0.647. The molecule has 2 heteroatoms. The first-order valence-corrected chi connectivity index (χ1v) is 8.02. The number of hydrogen-bond donors (Lipinski definition) is 0. The molecule has 1 aromatic carbocycles. The summed E-state index contributed by atoms with van der Waals surface area (Å²) in [6.07, 6.45) is 9.19. The zero-order chi connectivity index (χ0) is 13.3. The van der Waals surface area contributed by atoms with E-state index in [2.05, 4.69) is 31.2 Å². The van der Waals surface area contributed by atoms with Crippen LogP contribution in [0, 0.1) is 12.3 Å². The van der Waals surface area contributed by atoms with Crippen LogP contribution in [0.2, 0.25) is 0 Å². The molecule has 2 aliphatic rings. The van der Waals surface area contributed by atoms with Gasteiger partial charge in [0.2, 0.25) is 0 Å². The lowest BCUT2D eigenvalue weighted by Gasteiger charge is -2.53. The van der Waals surface area contributed by atoms with Gasteiger partial charge in [0.05, 0.1) is 0 Å². The lowest BCUT2D eigenvalue weighted by atomic mass is 9.61. The number of rotatable bonds is 2. The number of halogens is 1. The summed E-state index contributed by atoms with van der Waals surface area (Å²) in [7, 11) is 0. The number of ether oxygens (including phenoxy) is 1. The normalized spacial score (nSPS) is 29.6. The summed E-state index contributed by atoms with van der Waals surface area (Å²) in [6, 6.07) is 8.40. The Hall–Kier alpha value is -0.690. The second-order valence-electron chi connectivity index (χ2n) is 6.27. The molecule has 0 heterocycles. The summed E-state index contributed by atoms with van der Waals surface area (Å²) >= 11 is 6.56. The molecule has 1 nitrogen and oxygen atoms in total. The van der Waals surface area contributed by atoms with Crippen molar-refractivity contribution in [1.29, 1.82) is 0 Å². The molecule has 2 atom stereocenters. The molecule has 0 bridgehead atoms. The third-order valence-corrected chi connectivity index (χ3v) is 5.63. The molecule has 1 spiro atoms. The Kier molecular flexibility index (Phi) is 3.75. The second kappa shape index (κ2) is 5.36.